The third-order valence-corrected chi connectivity index (χ3v) is 5.95. The third kappa shape index (κ3) is 24.7. The van der Waals surface area contributed by atoms with Gasteiger partial charge in [0.25, 0.3) is 0 Å². The molecule has 1 amide bonds. The summed E-state index contributed by atoms with van der Waals surface area (Å²) in [6.45, 7) is 15.4. The topological polar surface area (TPSA) is 132 Å². The summed E-state index contributed by atoms with van der Waals surface area (Å²) >= 11 is 0. The average molecular weight is 659 g/mol. The second-order valence-electron chi connectivity index (χ2n) is 11.2. The van der Waals surface area contributed by atoms with Crippen LogP contribution in [0, 0.1) is 0 Å². The molecule has 0 spiro atoms. The molecule has 0 radical (unpaired) electrons. The van der Waals surface area contributed by atoms with Crippen molar-refractivity contribution in [2.75, 3.05) is 125 Å². The van der Waals surface area contributed by atoms with Crippen molar-refractivity contribution in [1.82, 2.24) is 4.90 Å². The maximum absolute atomic E-state index is 12.1. The number of esters is 1. The molecule has 1 aromatic rings. The van der Waals surface area contributed by atoms with Gasteiger partial charge in [0.2, 0.25) is 0 Å². The lowest BCUT2D eigenvalue weighted by Gasteiger charge is -2.24. The molecule has 0 fully saturated rings. The van der Waals surface area contributed by atoms with Gasteiger partial charge in [0.1, 0.15) is 12.2 Å². The molecule has 0 bridgehead atoms. The molecule has 1 N–H and O–H groups in total. The number of carbonyl (C=O) groups excluding carboxylic acids is 2. The van der Waals surface area contributed by atoms with E-state index in [2.05, 4.69) is 12.2 Å². The van der Waals surface area contributed by atoms with Gasteiger partial charge >= 0.3 is 12.1 Å². The van der Waals surface area contributed by atoms with Crippen LogP contribution in [-0.4, -0.2) is 142 Å². The van der Waals surface area contributed by atoms with E-state index in [0.717, 1.165) is 25.1 Å². The number of nitrogens with one attached hydrogen (secondary N) is 1. The lowest BCUT2D eigenvalue weighted by Crippen LogP contribution is -2.36. The van der Waals surface area contributed by atoms with E-state index in [1.54, 1.807) is 19.2 Å². The zero-order chi connectivity index (χ0) is 33.7. The Labute approximate surface area is 275 Å². The van der Waals surface area contributed by atoms with Gasteiger partial charge in [-0.05, 0) is 51.5 Å². The van der Waals surface area contributed by atoms with Crippen molar-refractivity contribution in [3.63, 3.8) is 0 Å². The Morgan fingerprint density at radius 1 is 0.652 bits per heavy atom. The van der Waals surface area contributed by atoms with Gasteiger partial charge in [-0.2, -0.15) is 0 Å². The van der Waals surface area contributed by atoms with Crippen molar-refractivity contribution in [2.24, 2.45) is 0 Å². The van der Waals surface area contributed by atoms with Crippen molar-refractivity contribution in [1.29, 1.82) is 0 Å². The number of unbranched alkanes of at least 4 members (excludes halogenated alkanes) is 1. The largest absolute Gasteiger partial charge is 0.460 e. The van der Waals surface area contributed by atoms with Crippen LogP contribution in [0.5, 0.6) is 0 Å². The molecule has 0 atom stereocenters. The summed E-state index contributed by atoms with van der Waals surface area (Å²) in [5, 5.41) is 3.31. The SMILES string of the molecule is CCCCNc1ccc(C(=O)OCCOCCOCCOCCOCCOCCOCCOCCN(C)C(=O)OC(C)(C)C)cc1. The predicted octanol–water partition coefficient (Wildman–Crippen LogP) is 4.04. The first-order valence-electron chi connectivity index (χ1n) is 16.2. The monoisotopic (exact) mass is 658 g/mol. The van der Waals surface area contributed by atoms with Crippen LogP contribution in [-0.2, 0) is 42.6 Å². The standard InChI is InChI=1S/C33H58N2O11/c1-6-7-12-34-30-10-8-29(9-11-30)31(36)45-28-27-44-26-25-43-24-23-42-22-21-41-20-19-40-18-17-39-16-15-38-14-13-35(5)32(37)46-33(2,3)4/h8-11,34H,6-7,12-28H2,1-5H3. The normalized spacial score (nSPS) is 11.4. The van der Waals surface area contributed by atoms with Gasteiger partial charge in [-0.3, -0.25) is 0 Å². The molecule has 0 aromatic heterocycles. The predicted molar refractivity (Wildman–Crippen MR) is 175 cm³/mol. The summed E-state index contributed by atoms with van der Waals surface area (Å²) < 4.78 is 48.8. The van der Waals surface area contributed by atoms with E-state index in [1.807, 2.05) is 32.9 Å². The van der Waals surface area contributed by atoms with Crippen LogP contribution >= 0.6 is 0 Å². The first kappa shape index (κ1) is 41.5. The van der Waals surface area contributed by atoms with Gasteiger partial charge < -0.3 is 52.8 Å². The van der Waals surface area contributed by atoms with Crippen LogP contribution in [0.3, 0.4) is 0 Å². The lowest BCUT2D eigenvalue weighted by atomic mass is 10.2. The summed E-state index contributed by atoms with van der Waals surface area (Å²) in [5.74, 6) is -0.364. The van der Waals surface area contributed by atoms with Crippen molar-refractivity contribution in [3.8, 4) is 0 Å². The highest BCUT2D eigenvalue weighted by Gasteiger charge is 2.19. The Balaban J connectivity index is 1.77. The minimum absolute atomic E-state index is 0.186. The fraction of sp³-hybridized carbons (Fsp3) is 0.758. The van der Waals surface area contributed by atoms with Gasteiger partial charge in [0, 0.05) is 25.8 Å². The fourth-order valence-corrected chi connectivity index (χ4v) is 3.46. The molecule has 46 heavy (non-hydrogen) atoms. The zero-order valence-corrected chi connectivity index (χ0v) is 28.7. The number of hydrogen-bond acceptors (Lipinski definition) is 12. The molecular formula is C33H58N2O11. The Morgan fingerprint density at radius 2 is 1.07 bits per heavy atom. The van der Waals surface area contributed by atoms with Crippen molar-refractivity contribution in [3.05, 3.63) is 29.8 Å². The Bertz CT molecular complexity index is 881. The fourth-order valence-electron chi connectivity index (χ4n) is 3.46. The molecule has 0 aliphatic heterocycles. The Kier molecular flexibility index (Phi) is 24.9. The minimum Gasteiger partial charge on any atom is -0.460 e. The third-order valence-electron chi connectivity index (χ3n) is 5.95. The second kappa shape index (κ2) is 27.6. The molecule has 13 heteroatoms. The number of ether oxygens (including phenoxy) is 9. The maximum Gasteiger partial charge on any atom is 0.410 e. The van der Waals surface area contributed by atoms with Crippen LogP contribution < -0.4 is 5.32 Å². The number of amides is 1. The average Bonchev–Trinajstić information content (AvgIpc) is 3.02. The Hall–Kier alpha value is -2.52. The highest BCUT2D eigenvalue weighted by molar-refractivity contribution is 5.89. The highest BCUT2D eigenvalue weighted by Crippen LogP contribution is 2.11. The molecule has 1 rings (SSSR count). The number of benzene rings is 1. The Morgan fingerprint density at radius 3 is 1.48 bits per heavy atom. The molecule has 13 nitrogen and oxygen atoms in total. The number of carbonyl (C=O) groups is 2. The number of rotatable bonds is 29. The molecule has 0 saturated heterocycles. The van der Waals surface area contributed by atoms with E-state index in [4.69, 9.17) is 42.6 Å². The van der Waals surface area contributed by atoms with Crippen molar-refractivity contribution >= 4 is 17.7 Å². The molecule has 0 heterocycles. The van der Waals surface area contributed by atoms with Crippen LogP contribution in [0.1, 0.15) is 50.9 Å². The summed E-state index contributed by atoms with van der Waals surface area (Å²) in [5.41, 5.74) is 0.996. The van der Waals surface area contributed by atoms with Crippen molar-refractivity contribution < 1.29 is 52.2 Å². The maximum atomic E-state index is 12.1. The van der Waals surface area contributed by atoms with Gasteiger partial charge in [-0.15, -0.1) is 0 Å². The van der Waals surface area contributed by atoms with Gasteiger partial charge in [0.15, 0.2) is 0 Å². The molecular weight excluding hydrogens is 600 g/mol. The second-order valence-corrected chi connectivity index (χ2v) is 11.2. The van der Waals surface area contributed by atoms with E-state index in [-0.39, 0.29) is 18.7 Å². The van der Waals surface area contributed by atoms with Gasteiger partial charge in [-0.1, -0.05) is 13.3 Å². The number of nitrogens with zero attached hydrogens (tertiary/aromatic N) is 1. The van der Waals surface area contributed by atoms with Gasteiger partial charge in [-0.25, -0.2) is 9.59 Å². The molecule has 0 unspecified atom stereocenters. The molecule has 0 aliphatic carbocycles. The molecule has 266 valence electrons. The zero-order valence-electron chi connectivity index (χ0n) is 28.7. The minimum atomic E-state index is -0.513. The van der Waals surface area contributed by atoms with E-state index in [0.29, 0.717) is 105 Å². The first-order chi connectivity index (χ1) is 22.2. The summed E-state index contributed by atoms with van der Waals surface area (Å²) in [4.78, 5) is 25.5. The number of hydrogen-bond donors (Lipinski definition) is 1. The van der Waals surface area contributed by atoms with Crippen LogP contribution in [0.2, 0.25) is 0 Å². The quantitative estimate of drug-likeness (QED) is 0.0984. The highest BCUT2D eigenvalue weighted by atomic mass is 16.6. The van der Waals surface area contributed by atoms with E-state index in [1.165, 1.54) is 4.90 Å². The smallest absolute Gasteiger partial charge is 0.410 e. The van der Waals surface area contributed by atoms with Crippen LogP contribution in [0.4, 0.5) is 10.5 Å². The number of likely N-dealkylation sites (N-methyl/N-ethyl adjacent to an activating group) is 1. The van der Waals surface area contributed by atoms with Crippen LogP contribution in [0.15, 0.2) is 24.3 Å². The molecule has 0 aliphatic rings. The van der Waals surface area contributed by atoms with E-state index >= 15 is 0 Å². The molecule has 0 saturated carbocycles. The van der Waals surface area contributed by atoms with Crippen molar-refractivity contribution in [2.45, 2.75) is 46.1 Å². The lowest BCUT2D eigenvalue weighted by molar-refractivity contribution is -0.0228. The summed E-state index contributed by atoms with van der Waals surface area (Å²) in [6, 6.07) is 7.28. The van der Waals surface area contributed by atoms with E-state index in [9.17, 15) is 9.59 Å². The first-order valence-corrected chi connectivity index (χ1v) is 16.2. The van der Waals surface area contributed by atoms with E-state index < -0.39 is 5.60 Å². The van der Waals surface area contributed by atoms with Gasteiger partial charge in [0.05, 0.1) is 98.1 Å². The molecule has 1 aromatic carbocycles. The summed E-state index contributed by atoms with van der Waals surface area (Å²) in [7, 11) is 1.68. The summed E-state index contributed by atoms with van der Waals surface area (Å²) in [6.07, 6.45) is 1.87. The van der Waals surface area contributed by atoms with Crippen LogP contribution in [0.25, 0.3) is 0 Å². The number of anilines is 1.